The lowest BCUT2D eigenvalue weighted by Gasteiger charge is -2.27. The van der Waals surface area contributed by atoms with Crippen LogP contribution in [-0.4, -0.2) is 42.3 Å². The van der Waals surface area contributed by atoms with Crippen molar-refractivity contribution >= 4 is 19.9 Å². The van der Waals surface area contributed by atoms with Crippen LogP contribution < -0.4 is 15.2 Å². The summed E-state index contributed by atoms with van der Waals surface area (Å²) in [6.45, 7) is 0. The van der Waals surface area contributed by atoms with Crippen LogP contribution in [0.2, 0.25) is 0 Å². The van der Waals surface area contributed by atoms with Gasteiger partial charge in [0.25, 0.3) is 0 Å². The summed E-state index contributed by atoms with van der Waals surface area (Å²) in [6.07, 6.45) is 4.03. The standard InChI is InChI=1S/C14H22N2O5S2/c1-21-13-7-6-12(22(2,17)18)9-14(13)23(19,20)16-11-5-3-4-10(15)8-11/h6-7,9-11,16H,3-5,8,15H2,1-2H3. The maximum absolute atomic E-state index is 12.6. The summed E-state index contributed by atoms with van der Waals surface area (Å²) in [5, 5.41) is 0. The van der Waals surface area contributed by atoms with Crippen LogP contribution in [0.5, 0.6) is 5.75 Å². The highest BCUT2D eigenvalue weighted by Gasteiger charge is 2.28. The SMILES string of the molecule is COc1ccc(S(C)(=O)=O)cc1S(=O)(=O)NC1CCCC(N)C1. The van der Waals surface area contributed by atoms with Gasteiger partial charge in [0.2, 0.25) is 10.0 Å². The Bertz CT molecular complexity index is 774. The first-order valence-corrected chi connectivity index (χ1v) is 10.7. The van der Waals surface area contributed by atoms with E-state index in [9.17, 15) is 16.8 Å². The predicted octanol–water partition coefficient (Wildman–Crippen LogP) is 0.647. The second-order valence-corrected chi connectivity index (χ2v) is 9.53. The number of hydrogen-bond acceptors (Lipinski definition) is 6. The smallest absolute Gasteiger partial charge is 0.244 e. The Labute approximate surface area is 137 Å². The summed E-state index contributed by atoms with van der Waals surface area (Å²) in [5.41, 5.74) is 5.88. The molecule has 0 radical (unpaired) electrons. The zero-order chi connectivity index (χ0) is 17.3. The summed E-state index contributed by atoms with van der Waals surface area (Å²) >= 11 is 0. The highest BCUT2D eigenvalue weighted by molar-refractivity contribution is 7.91. The quantitative estimate of drug-likeness (QED) is 0.794. The Morgan fingerprint density at radius 1 is 1.22 bits per heavy atom. The van der Waals surface area contributed by atoms with Crippen molar-refractivity contribution < 1.29 is 21.6 Å². The molecule has 0 amide bonds. The predicted molar refractivity (Wildman–Crippen MR) is 86.7 cm³/mol. The van der Waals surface area contributed by atoms with E-state index in [1.807, 2.05) is 0 Å². The zero-order valence-electron chi connectivity index (χ0n) is 13.2. The van der Waals surface area contributed by atoms with Crippen molar-refractivity contribution in [2.75, 3.05) is 13.4 Å². The molecule has 1 aromatic rings. The first-order chi connectivity index (χ1) is 10.6. The van der Waals surface area contributed by atoms with E-state index in [4.69, 9.17) is 10.5 Å². The first kappa shape index (κ1) is 18.2. The lowest BCUT2D eigenvalue weighted by atomic mass is 9.92. The minimum atomic E-state index is -3.90. The summed E-state index contributed by atoms with van der Waals surface area (Å²) < 4.78 is 56.3. The molecule has 3 N–H and O–H groups in total. The van der Waals surface area contributed by atoms with Gasteiger partial charge in [0.1, 0.15) is 10.6 Å². The van der Waals surface area contributed by atoms with Gasteiger partial charge in [-0.15, -0.1) is 0 Å². The van der Waals surface area contributed by atoms with E-state index < -0.39 is 19.9 Å². The molecule has 1 fully saturated rings. The molecule has 1 saturated carbocycles. The van der Waals surface area contributed by atoms with Gasteiger partial charge in [0.15, 0.2) is 9.84 Å². The first-order valence-electron chi connectivity index (χ1n) is 7.29. The number of hydrogen-bond donors (Lipinski definition) is 2. The molecule has 9 heteroatoms. The number of ether oxygens (including phenoxy) is 1. The molecule has 1 aliphatic carbocycles. The fourth-order valence-corrected chi connectivity index (χ4v) is 4.92. The third kappa shape index (κ3) is 4.43. The van der Waals surface area contributed by atoms with Crippen molar-refractivity contribution in [2.24, 2.45) is 5.73 Å². The van der Waals surface area contributed by atoms with E-state index in [0.717, 1.165) is 25.2 Å². The van der Waals surface area contributed by atoms with Gasteiger partial charge in [0, 0.05) is 18.3 Å². The van der Waals surface area contributed by atoms with Crippen LogP contribution in [0, 0.1) is 0 Å². The van der Waals surface area contributed by atoms with E-state index in [-0.39, 0.29) is 27.6 Å². The van der Waals surface area contributed by atoms with Crippen LogP contribution in [-0.2, 0) is 19.9 Å². The molecule has 1 aliphatic rings. The lowest BCUT2D eigenvalue weighted by molar-refractivity contribution is 0.369. The zero-order valence-corrected chi connectivity index (χ0v) is 14.8. The van der Waals surface area contributed by atoms with Gasteiger partial charge in [-0.1, -0.05) is 6.42 Å². The summed E-state index contributed by atoms with van der Waals surface area (Å²) in [5.74, 6) is 0.102. The van der Waals surface area contributed by atoms with Gasteiger partial charge >= 0.3 is 0 Å². The van der Waals surface area contributed by atoms with E-state index in [1.165, 1.54) is 19.2 Å². The van der Waals surface area contributed by atoms with Crippen LogP contribution >= 0.6 is 0 Å². The number of sulfone groups is 1. The molecule has 0 spiro atoms. The van der Waals surface area contributed by atoms with Gasteiger partial charge in [-0.3, -0.25) is 0 Å². The van der Waals surface area contributed by atoms with Crippen molar-refractivity contribution in [2.45, 2.75) is 47.6 Å². The van der Waals surface area contributed by atoms with Gasteiger partial charge in [-0.05, 0) is 37.5 Å². The number of methoxy groups -OCH3 is 1. The molecular formula is C14H22N2O5S2. The van der Waals surface area contributed by atoms with Crippen LogP contribution in [0.4, 0.5) is 0 Å². The molecule has 0 heterocycles. The van der Waals surface area contributed by atoms with Gasteiger partial charge in [0.05, 0.1) is 12.0 Å². The molecular weight excluding hydrogens is 340 g/mol. The number of sulfonamides is 1. The molecule has 2 rings (SSSR count). The minimum Gasteiger partial charge on any atom is -0.495 e. The normalized spacial score (nSPS) is 22.7. The number of nitrogens with one attached hydrogen (secondary N) is 1. The Hall–Kier alpha value is -1.16. The highest BCUT2D eigenvalue weighted by atomic mass is 32.2. The minimum absolute atomic E-state index is 0.0271. The van der Waals surface area contributed by atoms with Crippen LogP contribution in [0.3, 0.4) is 0 Å². The number of rotatable bonds is 5. The average Bonchev–Trinajstić information content (AvgIpc) is 2.45. The van der Waals surface area contributed by atoms with Gasteiger partial charge in [-0.2, -0.15) is 0 Å². The lowest BCUT2D eigenvalue weighted by Crippen LogP contribution is -2.42. The maximum atomic E-state index is 12.6. The Morgan fingerprint density at radius 2 is 1.91 bits per heavy atom. The monoisotopic (exact) mass is 362 g/mol. The van der Waals surface area contributed by atoms with Gasteiger partial charge < -0.3 is 10.5 Å². The maximum Gasteiger partial charge on any atom is 0.244 e. The summed E-state index contributed by atoms with van der Waals surface area (Å²) in [7, 11) is -6.09. The van der Waals surface area contributed by atoms with Crippen molar-refractivity contribution in [1.29, 1.82) is 0 Å². The van der Waals surface area contributed by atoms with E-state index in [0.29, 0.717) is 12.8 Å². The van der Waals surface area contributed by atoms with Crippen LogP contribution in [0.15, 0.2) is 28.0 Å². The molecule has 23 heavy (non-hydrogen) atoms. The topological polar surface area (TPSA) is 116 Å². The van der Waals surface area contributed by atoms with Gasteiger partial charge in [-0.25, -0.2) is 21.6 Å². The van der Waals surface area contributed by atoms with E-state index in [1.54, 1.807) is 0 Å². The molecule has 130 valence electrons. The average molecular weight is 362 g/mol. The summed E-state index contributed by atoms with van der Waals surface area (Å²) in [4.78, 5) is -0.249. The fourth-order valence-electron chi connectivity index (χ4n) is 2.72. The fraction of sp³-hybridized carbons (Fsp3) is 0.571. The molecule has 0 aliphatic heterocycles. The third-order valence-electron chi connectivity index (χ3n) is 3.89. The van der Waals surface area contributed by atoms with Crippen LogP contribution in [0.25, 0.3) is 0 Å². The Morgan fingerprint density at radius 3 is 2.48 bits per heavy atom. The molecule has 0 saturated heterocycles. The molecule has 1 aromatic carbocycles. The second kappa shape index (κ2) is 6.76. The Kier molecular flexibility index (Phi) is 5.34. The van der Waals surface area contributed by atoms with Crippen molar-refractivity contribution in [3.05, 3.63) is 18.2 Å². The molecule has 7 nitrogen and oxygen atoms in total. The highest BCUT2D eigenvalue weighted by Crippen LogP contribution is 2.28. The van der Waals surface area contributed by atoms with Crippen molar-refractivity contribution in [3.8, 4) is 5.75 Å². The number of nitrogens with two attached hydrogens (primary N) is 1. The van der Waals surface area contributed by atoms with Crippen molar-refractivity contribution in [3.63, 3.8) is 0 Å². The number of benzene rings is 1. The summed E-state index contributed by atoms with van der Waals surface area (Å²) in [6, 6.07) is 3.51. The Balaban J connectivity index is 2.37. The molecule has 0 bridgehead atoms. The largest absolute Gasteiger partial charge is 0.495 e. The van der Waals surface area contributed by atoms with Crippen molar-refractivity contribution in [1.82, 2.24) is 4.72 Å². The molecule has 0 aromatic heterocycles. The van der Waals surface area contributed by atoms with Crippen LogP contribution in [0.1, 0.15) is 25.7 Å². The third-order valence-corrected chi connectivity index (χ3v) is 6.54. The second-order valence-electron chi connectivity index (χ2n) is 5.83. The molecule has 2 unspecified atom stereocenters. The van der Waals surface area contributed by atoms with E-state index >= 15 is 0 Å². The molecule has 2 atom stereocenters. The van der Waals surface area contributed by atoms with E-state index in [2.05, 4.69) is 4.72 Å².